The van der Waals surface area contributed by atoms with E-state index >= 15 is 0 Å². The summed E-state index contributed by atoms with van der Waals surface area (Å²) in [5.41, 5.74) is 2.77. The van der Waals surface area contributed by atoms with Crippen molar-refractivity contribution in [2.45, 2.75) is 19.3 Å². The average Bonchev–Trinajstić information content (AvgIpc) is 2.32. The highest BCUT2D eigenvalue weighted by molar-refractivity contribution is 6.42. The molecule has 1 aliphatic heterocycles. The average molecular weight is 293 g/mol. The van der Waals surface area contributed by atoms with E-state index in [4.69, 9.17) is 23.2 Å². The third-order valence-electron chi connectivity index (χ3n) is 2.86. The Labute approximate surface area is 119 Å². The van der Waals surface area contributed by atoms with Gasteiger partial charge in [0.15, 0.2) is 0 Å². The van der Waals surface area contributed by atoms with Gasteiger partial charge in [0.1, 0.15) is 0 Å². The number of benzene rings is 1. The number of rotatable bonds is 2. The molecule has 0 aromatic heterocycles. The van der Waals surface area contributed by atoms with Crippen molar-refractivity contribution in [1.82, 2.24) is 5.32 Å². The molecule has 4 heteroatoms. The maximum Gasteiger partial charge on any atom is 0.0595 e. The molecule has 0 radical (unpaired) electrons. The van der Waals surface area contributed by atoms with E-state index in [-0.39, 0.29) is 12.4 Å². The van der Waals surface area contributed by atoms with E-state index in [0.717, 1.165) is 19.5 Å². The monoisotopic (exact) mass is 291 g/mol. The van der Waals surface area contributed by atoms with Gasteiger partial charge in [0, 0.05) is 0 Å². The SMILES string of the molecule is Cl.Clc1ccc(CC=C2CCNCC2)cc1Cl. The van der Waals surface area contributed by atoms with Gasteiger partial charge < -0.3 is 5.32 Å². The molecule has 2 rings (SSSR count). The summed E-state index contributed by atoms with van der Waals surface area (Å²) >= 11 is 11.8. The zero-order valence-corrected chi connectivity index (χ0v) is 11.8. The van der Waals surface area contributed by atoms with Gasteiger partial charge in [-0.15, -0.1) is 12.4 Å². The Morgan fingerprint density at radius 1 is 1.12 bits per heavy atom. The summed E-state index contributed by atoms with van der Waals surface area (Å²) in [6.07, 6.45) is 5.61. The van der Waals surface area contributed by atoms with Crippen LogP contribution >= 0.6 is 35.6 Å². The number of halogens is 3. The third kappa shape index (κ3) is 4.51. The maximum absolute atomic E-state index is 5.97. The van der Waals surface area contributed by atoms with Gasteiger partial charge in [-0.1, -0.05) is 40.9 Å². The molecule has 1 nitrogen and oxygen atoms in total. The van der Waals surface area contributed by atoms with E-state index in [9.17, 15) is 0 Å². The minimum atomic E-state index is 0. The summed E-state index contributed by atoms with van der Waals surface area (Å²) < 4.78 is 0. The molecule has 1 saturated heterocycles. The van der Waals surface area contributed by atoms with Crippen molar-refractivity contribution in [3.63, 3.8) is 0 Å². The lowest BCUT2D eigenvalue weighted by molar-refractivity contribution is 0.608. The fourth-order valence-electron chi connectivity index (χ4n) is 1.88. The van der Waals surface area contributed by atoms with E-state index in [1.165, 1.54) is 18.4 Å². The van der Waals surface area contributed by atoms with E-state index < -0.39 is 0 Å². The van der Waals surface area contributed by atoms with Gasteiger partial charge >= 0.3 is 0 Å². The van der Waals surface area contributed by atoms with Gasteiger partial charge in [0.2, 0.25) is 0 Å². The Bertz CT molecular complexity index is 394. The first-order chi connectivity index (χ1) is 7.75. The van der Waals surface area contributed by atoms with Crippen molar-refractivity contribution in [2.24, 2.45) is 0 Å². The zero-order chi connectivity index (χ0) is 11.4. The molecule has 0 unspecified atom stereocenters. The van der Waals surface area contributed by atoms with E-state index in [0.29, 0.717) is 10.0 Å². The molecule has 0 bridgehead atoms. The first-order valence-corrected chi connectivity index (χ1v) is 6.34. The molecule has 94 valence electrons. The molecule has 0 spiro atoms. The summed E-state index contributed by atoms with van der Waals surface area (Å²) in [6.45, 7) is 2.21. The van der Waals surface area contributed by atoms with Crippen LogP contribution in [0.15, 0.2) is 29.8 Å². The molecular formula is C13H16Cl3N. The van der Waals surface area contributed by atoms with Gasteiger partial charge in [-0.25, -0.2) is 0 Å². The first kappa shape index (κ1) is 14.8. The molecule has 0 saturated carbocycles. The Morgan fingerprint density at radius 2 is 1.82 bits per heavy atom. The highest BCUT2D eigenvalue weighted by atomic mass is 35.5. The molecule has 1 aliphatic rings. The molecule has 1 fully saturated rings. The molecule has 1 aromatic rings. The van der Waals surface area contributed by atoms with Crippen molar-refractivity contribution >= 4 is 35.6 Å². The standard InChI is InChI=1S/C13H15Cl2N.ClH/c14-12-4-3-11(9-13(12)15)2-1-10-5-7-16-8-6-10;/h1,3-4,9,16H,2,5-8H2;1H. The third-order valence-corrected chi connectivity index (χ3v) is 3.60. The fraction of sp³-hybridized carbons (Fsp3) is 0.385. The molecule has 1 aromatic carbocycles. The van der Waals surface area contributed by atoms with Gasteiger partial charge in [-0.2, -0.15) is 0 Å². The lowest BCUT2D eigenvalue weighted by Gasteiger charge is -2.15. The maximum atomic E-state index is 5.97. The molecule has 17 heavy (non-hydrogen) atoms. The van der Waals surface area contributed by atoms with Crippen LogP contribution in [0.1, 0.15) is 18.4 Å². The highest BCUT2D eigenvalue weighted by Crippen LogP contribution is 2.23. The Kier molecular flexibility index (Phi) is 6.35. The summed E-state index contributed by atoms with van der Waals surface area (Å²) in [5.74, 6) is 0. The quantitative estimate of drug-likeness (QED) is 0.803. The predicted octanol–water partition coefficient (Wildman–Crippen LogP) is 4.27. The van der Waals surface area contributed by atoms with Gasteiger partial charge in [0.05, 0.1) is 10.0 Å². The number of piperidine rings is 1. The summed E-state index contributed by atoms with van der Waals surface area (Å²) in [4.78, 5) is 0. The minimum Gasteiger partial charge on any atom is -0.316 e. The van der Waals surface area contributed by atoms with Crippen LogP contribution in [0.3, 0.4) is 0 Å². The van der Waals surface area contributed by atoms with Crippen molar-refractivity contribution in [3.05, 3.63) is 45.5 Å². The number of hydrogen-bond donors (Lipinski definition) is 1. The Hall–Kier alpha value is -0.210. The van der Waals surface area contributed by atoms with Crippen LogP contribution in [0.5, 0.6) is 0 Å². The van der Waals surface area contributed by atoms with Gasteiger partial charge in [0.25, 0.3) is 0 Å². The van der Waals surface area contributed by atoms with Crippen molar-refractivity contribution < 1.29 is 0 Å². The largest absolute Gasteiger partial charge is 0.316 e. The molecule has 1 N–H and O–H groups in total. The number of hydrogen-bond acceptors (Lipinski definition) is 1. The molecule has 0 amide bonds. The summed E-state index contributed by atoms with van der Waals surface area (Å²) in [6, 6.07) is 5.84. The van der Waals surface area contributed by atoms with Crippen LogP contribution in [0, 0.1) is 0 Å². The lowest BCUT2D eigenvalue weighted by atomic mass is 10.0. The fourth-order valence-corrected chi connectivity index (χ4v) is 2.20. The normalized spacial score (nSPS) is 15.3. The van der Waals surface area contributed by atoms with E-state index in [1.54, 1.807) is 5.57 Å². The molecule has 0 atom stereocenters. The lowest BCUT2D eigenvalue weighted by Crippen LogP contribution is -2.23. The first-order valence-electron chi connectivity index (χ1n) is 5.58. The van der Waals surface area contributed by atoms with E-state index in [2.05, 4.69) is 11.4 Å². The second-order valence-corrected chi connectivity index (χ2v) is 4.88. The second kappa shape index (κ2) is 7.27. The van der Waals surface area contributed by atoms with Crippen molar-refractivity contribution in [2.75, 3.05) is 13.1 Å². The van der Waals surface area contributed by atoms with Crippen molar-refractivity contribution in [3.8, 4) is 0 Å². The molecule has 0 aliphatic carbocycles. The topological polar surface area (TPSA) is 12.0 Å². The van der Waals surface area contributed by atoms with Gasteiger partial charge in [-0.3, -0.25) is 0 Å². The number of allylic oxidation sites excluding steroid dienone is 1. The van der Waals surface area contributed by atoms with E-state index in [1.807, 2.05) is 18.2 Å². The highest BCUT2D eigenvalue weighted by Gasteiger charge is 2.04. The van der Waals surface area contributed by atoms with Crippen LogP contribution in [0.2, 0.25) is 10.0 Å². The van der Waals surface area contributed by atoms with Gasteiger partial charge in [-0.05, 0) is 50.0 Å². The Morgan fingerprint density at radius 3 is 2.47 bits per heavy atom. The van der Waals surface area contributed by atoms with Crippen LogP contribution in [0.25, 0.3) is 0 Å². The second-order valence-electron chi connectivity index (χ2n) is 4.06. The molecule has 1 heterocycles. The predicted molar refractivity (Wildman–Crippen MR) is 77.6 cm³/mol. The Balaban J connectivity index is 0.00000144. The molecular weight excluding hydrogens is 277 g/mol. The number of nitrogens with one attached hydrogen (secondary N) is 1. The summed E-state index contributed by atoms with van der Waals surface area (Å²) in [5, 5.41) is 4.62. The smallest absolute Gasteiger partial charge is 0.0595 e. The van der Waals surface area contributed by atoms with Crippen LogP contribution in [-0.2, 0) is 6.42 Å². The van der Waals surface area contributed by atoms with Crippen molar-refractivity contribution in [1.29, 1.82) is 0 Å². The zero-order valence-electron chi connectivity index (χ0n) is 9.51. The minimum absolute atomic E-state index is 0. The summed E-state index contributed by atoms with van der Waals surface area (Å²) in [7, 11) is 0. The van der Waals surface area contributed by atoms with Crippen LogP contribution in [-0.4, -0.2) is 13.1 Å². The van der Waals surface area contributed by atoms with Crippen LogP contribution < -0.4 is 5.32 Å². The van der Waals surface area contributed by atoms with Crippen LogP contribution in [0.4, 0.5) is 0 Å².